The van der Waals surface area contributed by atoms with E-state index in [4.69, 9.17) is 0 Å². The van der Waals surface area contributed by atoms with Crippen molar-refractivity contribution in [2.45, 2.75) is 20.8 Å². The summed E-state index contributed by atoms with van der Waals surface area (Å²) >= 11 is 1.14. The molecule has 1 aliphatic heterocycles. The Balaban J connectivity index is 1.84. The third kappa shape index (κ3) is 2.71. The van der Waals surface area contributed by atoms with E-state index >= 15 is 0 Å². The fraction of sp³-hybridized carbons (Fsp3) is 0.286. The molecule has 2 heterocycles. The topological polar surface area (TPSA) is 71.5 Å². The van der Waals surface area contributed by atoms with Crippen molar-refractivity contribution in [2.24, 2.45) is 0 Å². The highest BCUT2D eigenvalue weighted by Crippen LogP contribution is 2.29. The van der Waals surface area contributed by atoms with Gasteiger partial charge in [-0.25, -0.2) is 16.8 Å². The van der Waals surface area contributed by atoms with Gasteiger partial charge in [-0.3, -0.25) is 0 Å². The Labute approximate surface area is 134 Å². The van der Waals surface area contributed by atoms with Crippen LogP contribution in [0.3, 0.4) is 0 Å². The summed E-state index contributed by atoms with van der Waals surface area (Å²) in [6.45, 7) is 0.244. The molecular weight excluding hydrogens is 342 g/mol. The van der Waals surface area contributed by atoms with Crippen LogP contribution >= 0.6 is 11.3 Å². The van der Waals surface area contributed by atoms with Gasteiger partial charge < -0.3 is 0 Å². The molecule has 1 fully saturated rings. The zero-order chi connectivity index (χ0) is 15.8. The SMILES string of the molecule is O=S(=O)(c1ccccc1)C1CCN(S(=O)(=O)c2cccs2)C1. The standard InChI is InChI=1S/C14H15NO4S3/c16-21(17,12-5-2-1-3-6-12)13-8-9-15(11-13)22(18,19)14-7-4-10-20-14/h1-7,10,13H,8-9,11H2. The highest BCUT2D eigenvalue weighted by atomic mass is 32.2. The molecule has 22 heavy (non-hydrogen) atoms. The first-order valence-corrected chi connectivity index (χ1v) is 10.6. The number of nitrogens with zero attached hydrogens (tertiary/aromatic N) is 1. The van der Waals surface area contributed by atoms with Gasteiger partial charge in [-0.15, -0.1) is 11.3 Å². The van der Waals surface area contributed by atoms with Gasteiger partial charge in [0.25, 0.3) is 10.0 Å². The average molecular weight is 357 g/mol. The first kappa shape index (κ1) is 15.7. The van der Waals surface area contributed by atoms with Crippen molar-refractivity contribution in [1.82, 2.24) is 4.31 Å². The molecule has 3 rings (SSSR count). The first-order valence-electron chi connectivity index (χ1n) is 6.75. The molecule has 1 atom stereocenters. The van der Waals surface area contributed by atoms with Crippen LogP contribution in [0.25, 0.3) is 0 Å². The van der Waals surface area contributed by atoms with E-state index in [1.807, 2.05) is 0 Å². The Bertz CT molecular complexity index is 843. The number of hydrogen-bond donors (Lipinski definition) is 0. The number of hydrogen-bond acceptors (Lipinski definition) is 5. The van der Waals surface area contributed by atoms with Crippen LogP contribution in [0.15, 0.2) is 56.9 Å². The van der Waals surface area contributed by atoms with Crippen molar-refractivity contribution >= 4 is 31.2 Å². The fourth-order valence-corrected chi connectivity index (χ4v) is 6.96. The lowest BCUT2D eigenvalue weighted by molar-refractivity contribution is 0.478. The molecule has 0 aliphatic carbocycles. The molecule has 1 unspecified atom stereocenters. The summed E-state index contributed by atoms with van der Waals surface area (Å²) in [7, 11) is -7.09. The first-order chi connectivity index (χ1) is 10.4. The van der Waals surface area contributed by atoms with Gasteiger partial charge in [-0.2, -0.15) is 4.31 Å². The van der Waals surface area contributed by atoms with Crippen LogP contribution in [0.5, 0.6) is 0 Å². The quantitative estimate of drug-likeness (QED) is 0.839. The summed E-state index contributed by atoms with van der Waals surface area (Å²) in [6.07, 6.45) is 0.321. The molecule has 0 saturated carbocycles. The predicted octanol–water partition coefficient (Wildman–Crippen LogP) is 1.99. The van der Waals surface area contributed by atoms with Gasteiger partial charge in [0.2, 0.25) is 0 Å². The second kappa shape index (κ2) is 5.77. The van der Waals surface area contributed by atoms with E-state index in [0.717, 1.165) is 11.3 Å². The molecule has 0 N–H and O–H groups in total. The van der Waals surface area contributed by atoms with Crippen LogP contribution < -0.4 is 0 Å². The van der Waals surface area contributed by atoms with Gasteiger partial charge in [-0.1, -0.05) is 24.3 Å². The smallest absolute Gasteiger partial charge is 0.223 e. The minimum absolute atomic E-state index is 0.0114. The number of benzene rings is 1. The van der Waals surface area contributed by atoms with Crippen LogP contribution in [0.4, 0.5) is 0 Å². The lowest BCUT2D eigenvalue weighted by atomic mass is 10.4. The van der Waals surface area contributed by atoms with E-state index in [2.05, 4.69) is 0 Å². The Morgan fingerprint density at radius 2 is 1.73 bits per heavy atom. The van der Waals surface area contributed by atoms with Gasteiger partial charge in [0, 0.05) is 13.1 Å². The lowest BCUT2D eigenvalue weighted by Crippen LogP contribution is -2.31. The van der Waals surface area contributed by atoms with Gasteiger partial charge >= 0.3 is 0 Å². The van der Waals surface area contributed by atoms with E-state index in [1.54, 1.807) is 47.8 Å². The Kier molecular flexibility index (Phi) is 4.11. The molecule has 0 bridgehead atoms. The summed E-state index contributed by atoms with van der Waals surface area (Å²) < 4.78 is 51.6. The van der Waals surface area contributed by atoms with Crippen LogP contribution in [0, 0.1) is 0 Å². The maximum Gasteiger partial charge on any atom is 0.252 e. The van der Waals surface area contributed by atoms with Crippen LogP contribution in [0.1, 0.15) is 6.42 Å². The molecule has 1 aromatic heterocycles. The largest absolute Gasteiger partial charge is 0.252 e. The number of sulfonamides is 1. The van der Waals surface area contributed by atoms with E-state index < -0.39 is 25.1 Å². The number of rotatable bonds is 4. The molecule has 1 aliphatic rings. The molecule has 8 heteroatoms. The monoisotopic (exact) mass is 357 g/mol. The summed E-state index contributed by atoms with van der Waals surface area (Å²) in [5, 5.41) is 1.01. The van der Waals surface area contributed by atoms with Crippen molar-refractivity contribution in [3.63, 3.8) is 0 Å². The summed E-state index contributed by atoms with van der Waals surface area (Å²) in [4.78, 5) is 0.246. The minimum atomic E-state index is -3.58. The third-order valence-corrected chi connectivity index (χ3v) is 9.14. The molecule has 2 aromatic rings. The fourth-order valence-electron chi connectivity index (χ4n) is 2.51. The van der Waals surface area contributed by atoms with Crippen LogP contribution in [-0.4, -0.2) is 39.5 Å². The normalized spacial score (nSPS) is 20.3. The number of thiophene rings is 1. The Hall–Kier alpha value is -1.22. The lowest BCUT2D eigenvalue weighted by Gasteiger charge is -2.15. The van der Waals surface area contributed by atoms with Crippen molar-refractivity contribution < 1.29 is 16.8 Å². The highest BCUT2D eigenvalue weighted by molar-refractivity contribution is 7.92. The van der Waals surface area contributed by atoms with Crippen molar-refractivity contribution in [3.05, 3.63) is 47.8 Å². The molecule has 1 saturated heterocycles. The van der Waals surface area contributed by atoms with Crippen LogP contribution in [-0.2, 0) is 19.9 Å². The van der Waals surface area contributed by atoms with Gasteiger partial charge in [-0.05, 0) is 30.0 Å². The van der Waals surface area contributed by atoms with Crippen LogP contribution in [0.2, 0.25) is 0 Å². The molecule has 0 amide bonds. The highest BCUT2D eigenvalue weighted by Gasteiger charge is 2.39. The third-order valence-electron chi connectivity index (χ3n) is 3.71. The maximum absolute atomic E-state index is 12.6. The van der Waals surface area contributed by atoms with Gasteiger partial charge in [0.05, 0.1) is 10.1 Å². The zero-order valence-corrected chi connectivity index (χ0v) is 14.1. The Morgan fingerprint density at radius 1 is 1.00 bits per heavy atom. The predicted molar refractivity (Wildman–Crippen MR) is 85.1 cm³/mol. The molecule has 5 nitrogen and oxygen atoms in total. The van der Waals surface area contributed by atoms with E-state index in [-0.39, 0.29) is 22.2 Å². The van der Waals surface area contributed by atoms with Crippen molar-refractivity contribution in [1.29, 1.82) is 0 Å². The maximum atomic E-state index is 12.6. The van der Waals surface area contributed by atoms with Gasteiger partial charge in [0.15, 0.2) is 9.84 Å². The van der Waals surface area contributed by atoms with Crippen molar-refractivity contribution in [2.75, 3.05) is 13.1 Å². The Morgan fingerprint density at radius 3 is 2.36 bits per heavy atom. The second-order valence-electron chi connectivity index (χ2n) is 5.06. The van der Waals surface area contributed by atoms with E-state index in [1.165, 1.54) is 4.31 Å². The summed E-state index contributed by atoms with van der Waals surface area (Å²) in [6, 6.07) is 11.4. The average Bonchev–Trinajstić information content (AvgIpc) is 3.20. The molecule has 1 aromatic carbocycles. The summed E-state index contributed by atoms with van der Waals surface area (Å²) in [5.74, 6) is 0. The van der Waals surface area contributed by atoms with E-state index in [9.17, 15) is 16.8 Å². The molecule has 0 spiro atoms. The van der Waals surface area contributed by atoms with Crippen molar-refractivity contribution in [3.8, 4) is 0 Å². The molecular formula is C14H15NO4S3. The zero-order valence-electron chi connectivity index (χ0n) is 11.6. The second-order valence-corrected chi connectivity index (χ2v) is 10.4. The summed E-state index contributed by atoms with van der Waals surface area (Å²) in [5.41, 5.74) is 0. The molecule has 0 radical (unpaired) electrons. The van der Waals surface area contributed by atoms with E-state index in [0.29, 0.717) is 6.42 Å². The van der Waals surface area contributed by atoms with Gasteiger partial charge in [0.1, 0.15) is 4.21 Å². The minimum Gasteiger partial charge on any atom is -0.223 e. The molecule has 118 valence electrons. The number of sulfone groups is 1.